The van der Waals surface area contributed by atoms with Gasteiger partial charge in [0.1, 0.15) is 5.75 Å². The molecule has 3 nitrogen and oxygen atoms in total. The van der Waals surface area contributed by atoms with Crippen LogP contribution >= 0.6 is 0 Å². The van der Waals surface area contributed by atoms with Crippen molar-refractivity contribution < 1.29 is 23.4 Å². The normalized spacial score (nSPS) is 11.4. The van der Waals surface area contributed by atoms with Crippen LogP contribution in [0.2, 0.25) is 0 Å². The van der Waals surface area contributed by atoms with Crippen LogP contribution in [0.15, 0.2) is 18.2 Å². The highest BCUT2D eigenvalue weighted by molar-refractivity contribution is 5.66. The molecule has 0 aliphatic carbocycles. The first-order chi connectivity index (χ1) is 8.86. The summed E-state index contributed by atoms with van der Waals surface area (Å²) >= 11 is 0. The molecule has 1 aromatic rings. The predicted molar refractivity (Wildman–Crippen MR) is 67.7 cm³/mol. The third kappa shape index (κ3) is 4.50. The molecular weight excluding hydrogens is 254 g/mol. The molecule has 5 heteroatoms. The van der Waals surface area contributed by atoms with Crippen molar-refractivity contribution in [3.05, 3.63) is 29.3 Å². The van der Waals surface area contributed by atoms with Crippen molar-refractivity contribution in [1.82, 2.24) is 0 Å². The van der Waals surface area contributed by atoms with Crippen molar-refractivity contribution in [3.63, 3.8) is 0 Å². The van der Waals surface area contributed by atoms with E-state index in [-0.39, 0.29) is 24.2 Å². The molecule has 0 saturated carbocycles. The zero-order valence-electron chi connectivity index (χ0n) is 11.1. The monoisotopic (exact) mass is 272 g/mol. The van der Waals surface area contributed by atoms with Gasteiger partial charge >= 0.3 is 5.97 Å². The lowest BCUT2D eigenvalue weighted by Crippen LogP contribution is -2.16. The minimum absolute atomic E-state index is 0.0676. The zero-order valence-corrected chi connectivity index (χ0v) is 11.1. The average Bonchev–Trinajstić information content (AvgIpc) is 2.31. The molecule has 0 atom stereocenters. The molecule has 0 saturated heterocycles. The third-order valence-corrected chi connectivity index (χ3v) is 2.71. The minimum atomic E-state index is -3.08. The SMILES string of the molecule is CCOc1ccc(C)cc1C(F)(F)CCCC(=O)O. The Morgan fingerprint density at radius 3 is 2.68 bits per heavy atom. The Labute approximate surface area is 111 Å². The highest BCUT2D eigenvalue weighted by Crippen LogP contribution is 2.39. The zero-order chi connectivity index (χ0) is 14.5. The highest BCUT2D eigenvalue weighted by atomic mass is 19.3. The van der Waals surface area contributed by atoms with Crippen molar-refractivity contribution in [2.75, 3.05) is 6.61 Å². The van der Waals surface area contributed by atoms with Gasteiger partial charge < -0.3 is 9.84 Å². The molecule has 1 N–H and O–H groups in total. The fraction of sp³-hybridized carbons (Fsp3) is 0.500. The van der Waals surface area contributed by atoms with Crippen LogP contribution in [0, 0.1) is 6.92 Å². The third-order valence-electron chi connectivity index (χ3n) is 2.71. The molecule has 0 aromatic heterocycles. The molecule has 0 heterocycles. The first kappa shape index (κ1) is 15.4. The Balaban J connectivity index is 2.91. The van der Waals surface area contributed by atoms with Crippen LogP contribution < -0.4 is 4.74 Å². The number of alkyl halides is 2. The number of carbonyl (C=O) groups is 1. The number of hydrogen-bond donors (Lipinski definition) is 1. The van der Waals surface area contributed by atoms with Crippen LogP contribution in [-0.2, 0) is 10.7 Å². The maximum atomic E-state index is 14.1. The predicted octanol–water partition coefficient (Wildman–Crippen LogP) is 3.74. The highest BCUT2D eigenvalue weighted by Gasteiger charge is 2.34. The van der Waals surface area contributed by atoms with Gasteiger partial charge in [-0.2, -0.15) is 0 Å². The Kier molecular flexibility index (Phi) is 5.27. The second-order valence-corrected chi connectivity index (χ2v) is 4.38. The number of aryl methyl sites for hydroxylation is 1. The van der Waals surface area contributed by atoms with Crippen LogP contribution in [-0.4, -0.2) is 17.7 Å². The van der Waals surface area contributed by atoms with Crippen molar-refractivity contribution in [2.24, 2.45) is 0 Å². The van der Waals surface area contributed by atoms with Gasteiger partial charge in [-0.15, -0.1) is 0 Å². The van der Waals surface area contributed by atoms with Crippen LogP contribution in [0.4, 0.5) is 8.78 Å². The van der Waals surface area contributed by atoms with E-state index in [2.05, 4.69) is 0 Å². The van der Waals surface area contributed by atoms with Gasteiger partial charge in [0.25, 0.3) is 5.92 Å². The molecule has 0 fully saturated rings. The standard InChI is InChI=1S/C14H18F2O3/c1-3-19-12-7-6-10(2)9-11(12)14(15,16)8-4-5-13(17)18/h6-7,9H,3-5,8H2,1-2H3,(H,17,18). The van der Waals surface area contributed by atoms with Gasteiger partial charge in [0, 0.05) is 12.8 Å². The van der Waals surface area contributed by atoms with Crippen LogP contribution in [0.25, 0.3) is 0 Å². The smallest absolute Gasteiger partial charge is 0.303 e. The number of halogens is 2. The molecule has 19 heavy (non-hydrogen) atoms. The van der Waals surface area contributed by atoms with Gasteiger partial charge in [-0.1, -0.05) is 11.6 Å². The molecule has 0 amide bonds. The fourth-order valence-corrected chi connectivity index (χ4v) is 1.81. The number of hydrogen-bond acceptors (Lipinski definition) is 2. The summed E-state index contributed by atoms with van der Waals surface area (Å²) in [5, 5.41) is 8.49. The summed E-state index contributed by atoms with van der Waals surface area (Å²) in [6.45, 7) is 3.76. The Bertz CT molecular complexity index is 444. The summed E-state index contributed by atoms with van der Waals surface area (Å²) in [6.07, 6.45) is -0.823. The topological polar surface area (TPSA) is 46.5 Å². The van der Waals surface area contributed by atoms with Gasteiger partial charge in [-0.3, -0.25) is 4.79 Å². The minimum Gasteiger partial charge on any atom is -0.493 e. The molecule has 106 valence electrons. The molecule has 0 aliphatic heterocycles. The fourth-order valence-electron chi connectivity index (χ4n) is 1.81. The second kappa shape index (κ2) is 6.50. The lowest BCUT2D eigenvalue weighted by molar-refractivity contribution is -0.137. The number of benzene rings is 1. The molecule has 0 bridgehead atoms. The van der Waals surface area contributed by atoms with E-state index < -0.39 is 18.3 Å². The van der Waals surface area contributed by atoms with E-state index in [9.17, 15) is 13.6 Å². The average molecular weight is 272 g/mol. The van der Waals surface area contributed by atoms with Crippen molar-refractivity contribution in [2.45, 2.75) is 39.0 Å². The van der Waals surface area contributed by atoms with Gasteiger partial charge in [0.15, 0.2) is 0 Å². The Hall–Kier alpha value is -1.65. The second-order valence-electron chi connectivity index (χ2n) is 4.38. The van der Waals surface area contributed by atoms with E-state index in [0.717, 1.165) is 5.56 Å². The number of rotatable bonds is 7. The van der Waals surface area contributed by atoms with Crippen LogP contribution in [0.5, 0.6) is 5.75 Å². The number of carboxylic acids is 1. The van der Waals surface area contributed by atoms with E-state index >= 15 is 0 Å². The first-order valence-electron chi connectivity index (χ1n) is 6.20. The number of carboxylic acid groups (broad SMARTS) is 1. The number of ether oxygens (including phenoxy) is 1. The van der Waals surface area contributed by atoms with Crippen molar-refractivity contribution in [3.8, 4) is 5.75 Å². The van der Waals surface area contributed by atoms with Crippen LogP contribution in [0.3, 0.4) is 0 Å². The summed E-state index contributed by atoms with van der Waals surface area (Å²) < 4.78 is 33.4. The quantitative estimate of drug-likeness (QED) is 0.822. The Morgan fingerprint density at radius 1 is 1.42 bits per heavy atom. The molecule has 1 rings (SSSR count). The van der Waals surface area contributed by atoms with E-state index in [4.69, 9.17) is 9.84 Å². The lowest BCUT2D eigenvalue weighted by atomic mass is 9.99. The van der Waals surface area contributed by atoms with Crippen molar-refractivity contribution in [1.29, 1.82) is 0 Å². The molecule has 0 spiro atoms. The summed E-state index contributed by atoms with van der Waals surface area (Å²) in [5.74, 6) is -3.98. The van der Waals surface area contributed by atoms with Crippen LogP contribution in [0.1, 0.15) is 37.3 Å². The van der Waals surface area contributed by atoms with E-state index in [1.54, 1.807) is 19.9 Å². The summed E-state index contributed by atoms with van der Waals surface area (Å²) in [7, 11) is 0. The molecule has 1 aromatic carbocycles. The van der Waals surface area contributed by atoms with E-state index in [0.29, 0.717) is 6.61 Å². The van der Waals surface area contributed by atoms with Crippen molar-refractivity contribution >= 4 is 5.97 Å². The van der Waals surface area contributed by atoms with Gasteiger partial charge in [0.05, 0.1) is 12.2 Å². The summed E-state index contributed by atoms with van der Waals surface area (Å²) in [6, 6.07) is 4.63. The van der Waals surface area contributed by atoms with Gasteiger partial charge in [0.2, 0.25) is 0 Å². The molecule has 0 radical (unpaired) electrons. The summed E-state index contributed by atoms with van der Waals surface area (Å²) in [5.41, 5.74) is 0.552. The van der Waals surface area contributed by atoms with E-state index in [1.807, 2.05) is 0 Å². The summed E-state index contributed by atoms with van der Waals surface area (Å²) in [4.78, 5) is 10.4. The number of aliphatic carboxylic acids is 1. The van der Waals surface area contributed by atoms with Gasteiger partial charge in [-0.05, 0) is 32.4 Å². The maximum Gasteiger partial charge on any atom is 0.303 e. The maximum absolute atomic E-state index is 14.1. The Morgan fingerprint density at radius 2 is 2.11 bits per heavy atom. The largest absolute Gasteiger partial charge is 0.493 e. The molecule has 0 aliphatic rings. The lowest BCUT2D eigenvalue weighted by Gasteiger charge is -2.20. The molecular formula is C14H18F2O3. The molecule has 0 unspecified atom stereocenters. The first-order valence-corrected chi connectivity index (χ1v) is 6.20. The van der Waals surface area contributed by atoms with Gasteiger partial charge in [-0.25, -0.2) is 8.78 Å². The van der Waals surface area contributed by atoms with E-state index in [1.165, 1.54) is 12.1 Å².